The Kier molecular flexibility index (Phi) is 5.71. The average Bonchev–Trinajstić information content (AvgIpc) is 2.48. The van der Waals surface area contributed by atoms with Crippen molar-refractivity contribution in [1.82, 2.24) is 9.97 Å². The van der Waals surface area contributed by atoms with Crippen LogP contribution in [0.2, 0.25) is 5.02 Å². The van der Waals surface area contributed by atoms with E-state index in [1.165, 1.54) is 18.5 Å². The number of benzene rings is 1. The maximum absolute atomic E-state index is 13.1. The largest absolute Gasteiger partial charge is 0.385 e. The third kappa shape index (κ3) is 4.84. The fourth-order valence-corrected chi connectivity index (χ4v) is 1.86. The predicted molar refractivity (Wildman–Crippen MR) is 81.7 cm³/mol. The molecule has 0 aliphatic carbocycles. The first kappa shape index (κ1) is 15.5. The van der Waals surface area contributed by atoms with Gasteiger partial charge in [-0.05, 0) is 24.6 Å². The van der Waals surface area contributed by atoms with Crippen LogP contribution in [0, 0.1) is 5.82 Å². The Labute approximate surface area is 127 Å². The van der Waals surface area contributed by atoms with E-state index in [-0.39, 0.29) is 5.02 Å². The zero-order chi connectivity index (χ0) is 15.1. The lowest BCUT2D eigenvalue weighted by atomic mass is 10.3. The van der Waals surface area contributed by atoms with Crippen molar-refractivity contribution in [2.75, 3.05) is 30.9 Å². The summed E-state index contributed by atoms with van der Waals surface area (Å²) in [5, 5.41) is 6.28. The number of ether oxygens (including phenoxy) is 1. The molecular formula is C14H16ClFN4O. The maximum Gasteiger partial charge on any atom is 0.141 e. The molecule has 0 unspecified atom stereocenters. The lowest BCUT2D eigenvalue weighted by molar-refractivity contribution is 0.198. The van der Waals surface area contributed by atoms with Gasteiger partial charge in [-0.1, -0.05) is 11.6 Å². The number of hydrogen-bond acceptors (Lipinski definition) is 5. The normalized spacial score (nSPS) is 10.4. The first-order valence-electron chi connectivity index (χ1n) is 6.46. The van der Waals surface area contributed by atoms with E-state index in [2.05, 4.69) is 20.6 Å². The second kappa shape index (κ2) is 7.75. The molecule has 0 radical (unpaired) electrons. The fourth-order valence-electron chi connectivity index (χ4n) is 1.68. The monoisotopic (exact) mass is 310 g/mol. The SMILES string of the molecule is COCCCNc1cc(Nc2ccc(F)c(Cl)c2)ncn1. The minimum Gasteiger partial charge on any atom is -0.385 e. The Morgan fingerprint density at radius 3 is 2.81 bits per heavy atom. The first-order chi connectivity index (χ1) is 10.2. The Balaban J connectivity index is 1.98. The molecule has 0 aliphatic rings. The van der Waals surface area contributed by atoms with Gasteiger partial charge < -0.3 is 15.4 Å². The summed E-state index contributed by atoms with van der Waals surface area (Å²) >= 11 is 5.74. The van der Waals surface area contributed by atoms with Crippen molar-refractivity contribution >= 4 is 28.9 Å². The minimum absolute atomic E-state index is 0.0620. The first-order valence-corrected chi connectivity index (χ1v) is 6.84. The van der Waals surface area contributed by atoms with Gasteiger partial charge in [0.15, 0.2) is 0 Å². The van der Waals surface area contributed by atoms with E-state index in [0.29, 0.717) is 23.9 Å². The van der Waals surface area contributed by atoms with Crippen LogP contribution in [-0.4, -0.2) is 30.2 Å². The highest BCUT2D eigenvalue weighted by Crippen LogP contribution is 2.22. The highest BCUT2D eigenvalue weighted by atomic mass is 35.5. The number of nitrogens with zero attached hydrogens (tertiary/aromatic N) is 2. The van der Waals surface area contributed by atoms with Crippen LogP contribution < -0.4 is 10.6 Å². The van der Waals surface area contributed by atoms with Crippen LogP contribution in [0.15, 0.2) is 30.6 Å². The van der Waals surface area contributed by atoms with Gasteiger partial charge in [-0.25, -0.2) is 14.4 Å². The standard InChI is InChI=1S/C14H16ClFN4O/c1-21-6-2-5-17-13-8-14(19-9-18-13)20-10-3-4-12(16)11(15)7-10/h3-4,7-9H,2,5-6H2,1H3,(H2,17,18,19,20). The Morgan fingerprint density at radius 2 is 2.05 bits per heavy atom. The van der Waals surface area contributed by atoms with Crippen LogP contribution in [0.5, 0.6) is 0 Å². The Bertz CT molecular complexity index is 597. The molecule has 0 saturated carbocycles. The lowest BCUT2D eigenvalue weighted by Gasteiger charge is -2.09. The van der Waals surface area contributed by atoms with E-state index < -0.39 is 5.82 Å². The minimum atomic E-state index is -0.453. The molecule has 5 nitrogen and oxygen atoms in total. The smallest absolute Gasteiger partial charge is 0.141 e. The molecule has 0 bridgehead atoms. The number of methoxy groups -OCH3 is 1. The summed E-state index contributed by atoms with van der Waals surface area (Å²) < 4.78 is 18.1. The van der Waals surface area contributed by atoms with Gasteiger partial charge in [-0.3, -0.25) is 0 Å². The molecule has 112 valence electrons. The van der Waals surface area contributed by atoms with Crippen LogP contribution in [-0.2, 0) is 4.74 Å². The zero-order valence-electron chi connectivity index (χ0n) is 11.6. The number of anilines is 3. The lowest BCUT2D eigenvalue weighted by Crippen LogP contribution is -2.06. The molecule has 1 aromatic carbocycles. The van der Waals surface area contributed by atoms with E-state index in [1.54, 1.807) is 19.2 Å². The number of rotatable bonds is 7. The van der Waals surface area contributed by atoms with Crippen LogP contribution in [0.3, 0.4) is 0 Å². The summed E-state index contributed by atoms with van der Waals surface area (Å²) in [7, 11) is 1.67. The fraction of sp³-hybridized carbons (Fsp3) is 0.286. The van der Waals surface area contributed by atoms with Crippen molar-refractivity contribution in [3.05, 3.63) is 41.4 Å². The van der Waals surface area contributed by atoms with E-state index >= 15 is 0 Å². The number of nitrogens with one attached hydrogen (secondary N) is 2. The molecule has 0 fully saturated rings. The molecule has 0 saturated heterocycles. The van der Waals surface area contributed by atoms with Crippen LogP contribution >= 0.6 is 11.6 Å². The molecule has 21 heavy (non-hydrogen) atoms. The van der Waals surface area contributed by atoms with Gasteiger partial charge in [-0.2, -0.15) is 0 Å². The molecule has 0 atom stereocenters. The van der Waals surface area contributed by atoms with Gasteiger partial charge in [0.05, 0.1) is 5.02 Å². The van der Waals surface area contributed by atoms with Gasteiger partial charge in [0.2, 0.25) is 0 Å². The highest BCUT2D eigenvalue weighted by Gasteiger charge is 2.03. The van der Waals surface area contributed by atoms with Gasteiger partial charge in [-0.15, -0.1) is 0 Å². The quantitative estimate of drug-likeness (QED) is 0.767. The van der Waals surface area contributed by atoms with Crippen molar-refractivity contribution in [2.45, 2.75) is 6.42 Å². The Morgan fingerprint density at radius 1 is 1.24 bits per heavy atom. The van der Waals surface area contributed by atoms with E-state index in [9.17, 15) is 4.39 Å². The van der Waals surface area contributed by atoms with E-state index in [1.807, 2.05) is 0 Å². The predicted octanol–water partition coefficient (Wildman–Crippen LogP) is 3.46. The second-order valence-electron chi connectivity index (χ2n) is 4.32. The molecule has 2 N–H and O–H groups in total. The van der Waals surface area contributed by atoms with Gasteiger partial charge >= 0.3 is 0 Å². The zero-order valence-corrected chi connectivity index (χ0v) is 12.3. The highest BCUT2D eigenvalue weighted by molar-refractivity contribution is 6.31. The molecule has 2 aromatic rings. The van der Waals surface area contributed by atoms with Crippen molar-refractivity contribution in [2.24, 2.45) is 0 Å². The molecule has 7 heteroatoms. The summed E-state index contributed by atoms with van der Waals surface area (Å²) in [6.07, 6.45) is 2.34. The Hall–Kier alpha value is -1.92. The van der Waals surface area contributed by atoms with Crippen molar-refractivity contribution in [3.8, 4) is 0 Å². The third-order valence-corrected chi connectivity index (χ3v) is 2.98. The van der Waals surface area contributed by atoms with Crippen molar-refractivity contribution in [3.63, 3.8) is 0 Å². The van der Waals surface area contributed by atoms with Crippen LogP contribution in [0.25, 0.3) is 0 Å². The molecule has 1 aromatic heterocycles. The van der Waals surface area contributed by atoms with Crippen molar-refractivity contribution in [1.29, 1.82) is 0 Å². The molecule has 0 aliphatic heterocycles. The van der Waals surface area contributed by atoms with Crippen molar-refractivity contribution < 1.29 is 9.13 Å². The van der Waals surface area contributed by atoms with Crippen LogP contribution in [0.4, 0.5) is 21.7 Å². The van der Waals surface area contributed by atoms with Gasteiger partial charge in [0.1, 0.15) is 23.8 Å². The topological polar surface area (TPSA) is 59.1 Å². The summed E-state index contributed by atoms with van der Waals surface area (Å²) in [6, 6.07) is 6.17. The average molecular weight is 311 g/mol. The molecule has 0 amide bonds. The molecular weight excluding hydrogens is 295 g/mol. The maximum atomic E-state index is 13.1. The summed E-state index contributed by atoms with van der Waals surface area (Å²) in [4.78, 5) is 8.23. The van der Waals surface area contributed by atoms with Gasteiger partial charge in [0, 0.05) is 32.0 Å². The van der Waals surface area contributed by atoms with E-state index in [4.69, 9.17) is 16.3 Å². The van der Waals surface area contributed by atoms with Crippen LogP contribution in [0.1, 0.15) is 6.42 Å². The summed E-state index contributed by atoms with van der Waals surface area (Å²) in [6.45, 7) is 1.45. The third-order valence-electron chi connectivity index (χ3n) is 2.69. The van der Waals surface area contributed by atoms with Gasteiger partial charge in [0.25, 0.3) is 0 Å². The molecule has 0 spiro atoms. The summed E-state index contributed by atoms with van der Waals surface area (Å²) in [5.74, 6) is 0.851. The molecule has 2 rings (SSSR count). The second-order valence-corrected chi connectivity index (χ2v) is 4.72. The number of aromatic nitrogens is 2. The number of halogens is 2. The number of hydrogen-bond donors (Lipinski definition) is 2. The van der Waals surface area contributed by atoms with E-state index in [0.717, 1.165) is 13.0 Å². The summed E-state index contributed by atoms with van der Waals surface area (Å²) in [5.41, 5.74) is 0.658. The molecule has 1 heterocycles.